The van der Waals surface area contributed by atoms with Crippen LogP contribution in [0.2, 0.25) is 0 Å². The van der Waals surface area contributed by atoms with Crippen molar-refractivity contribution in [1.29, 1.82) is 0 Å². The number of aliphatic hydroxyl groups excluding tert-OH is 2. The van der Waals surface area contributed by atoms with E-state index in [1.807, 2.05) is 0 Å². The maximum atomic E-state index is 14.5. The number of hydrogen-bond donors (Lipinski definition) is 3. The van der Waals surface area contributed by atoms with Crippen molar-refractivity contribution < 1.29 is 51.9 Å². The van der Waals surface area contributed by atoms with Gasteiger partial charge in [0.1, 0.15) is 29.0 Å². The van der Waals surface area contributed by atoms with Crippen molar-refractivity contribution in [1.82, 2.24) is 9.99 Å². The maximum Gasteiger partial charge on any atom is 0.323 e. The van der Waals surface area contributed by atoms with Crippen LogP contribution in [0.5, 0.6) is 5.75 Å². The highest BCUT2D eigenvalue weighted by atomic mass is 35.5. The van der Waals surface area contributed by atoms with Crippen LogP contribution in [0, 0.1) is 0 Å². The first-order valence-electron chi connectivity index (χ1n) is 11.7. The lowest BCUT2D eigenvalue weighted by Gasteiger charge is -2.35. The monoisotopic (exact) mass is 612 g/mol. The number of ether oxygens (including phenoxy) is 2. The molecule has 1 aromatic carbocycles. The van der Waals surface area contributed by atoms with E-state index in [1.165, 1.54) is 19.1 Å². The van der Waals surface area contributed by atoms with E-state index >= 15 is 0 Å². The fourth-order valence-electron chi connectivity index (χ4n) is 3.71. The Morgan fingerprint density at radius 2 is 1.92 bits per heavy atom. The Morgan fingerprint density at radius 1 is 1.28 bits per heavy atom. The van der Waals surface area contributed by atoms with Gasteiger partial charge in [-0.05, 0) is 44.7 Å². The van der Waals surface area contributed by atoms with Gasteiger partial charge in [-0.1, -0.05) is 29.8 Å². The van der Waals surface area contributed by atoms with Crippen molar-refractivity contribution in [3.05, 3.63) is 41.6 Å². The molecule has 1 unspecified atom stereocenters. The molecular formula is C23H28ClF2N2O9PS. The van der Waals surface area contributed by atoms with Crippen LogP contribution in [0.25, 0.3) is 0 Å². The summed E-state index contributed by atoms with van der Waals surface area (Å²) in [5.41, 5.74) is -2.89. The number of aliphatic hydroxyl groups is 2. The van der Waals surface area contributed by atoms with Gasteiger partial charge >= 0.3 is 12.6 Å². The fourth-order valence-corrected chi connectivity index (χ4v) is 6.30. The Balaban J connectivity index is 1.88. The Hall–Kier alpha value is -2.03. The standard InChI is InChI=1S/C23H28ClF2N2O9PS/c1-12(2)35-21(33)13(3)27-38(39,37-14-7-5-4-6-8-14)34-11-23(22(25)26)19(32)18(31)20(36-23)28-10-15(24)16(29)9-17(28)30/h4-8,10,12-13,18-20,22,31-32H,9,11H2,1-3H3,(H,27,39)/t13-,18+,19-,20+,23+,38?/m0/s1. The van der Waals surface area contributed by atoms with Gasteiger partial charge < -0.3 is 28.7 Å². The summed E-state index contributed by atoms with van der Waals surface area (Å²) in [5.74, 6) is -2.11. The van der Waals surface area contributed by atoms with Crippen molar-refractivity contribution in [3.8, 4) is 5.75 Å². The van der Waals surface area contributed by atoms with Gasteiger partial charge in [0.2, 0.25) is 5.91 Å². The second-order valence-electron chi connectivity index (χ2n) is 9.09. The van der Waals surface area contributed by atoms with Gasteiger partial charge in [-0.3, -0.25) is 19.3 Å². The summed E-state index contributed by atoms with van der Waals surface area (Å²) in [7, 11) is 0. The number of rotatable bonds is 11. The molecule has 0 spiro atoms. The van der Waals surface area contributed by atoms with Crippen LogP contribution in [0.4, 0.5) is 8.78 Å². The highest BCUT2D eigenvalue weighted by molar-refractivity contribution is 8.09. The molecule has 1 saturated heterocycles. The first kappa shape index (κ1) is 31.5. The lowest BCUT2D eigenvalue weighted by molar-refractivity contribution is -0.199. The molecule has 16 heteroatoms. The van der Waals surface area contributed by atoms with Crippen LogP contribution in [0.15, 0.2) is 41.6 Å². The molecule has 39 heavy (non-hydrogen) atoms. The van der Waals surface area contributed by atoms with E-state index < -0.39 is 79.9 Å². The van der Waals surface area contributed by atoms with E-state index in [4.69, 9.17) is 41.9 Å². The van der Waals surface area contributed by atoms with Gasteiger partial charge in [0.15, 0.2) is 17.6 Å². The first-order valence-corrected chi connectivity index (χ1v) is 14.7. The molecule has 3 N–H and O–H groups in total. The number of carbonyl (C=O) groups excluding carboxylic acids is 3. The number of benzene rings is 1. The number of amides is 1. The van der Waals surface area contributed by atoms with Gasteiger partial charge in [0.05, 0.1) is 19.1 Å². The molecule has 0 saturated carbocycles. The maximum absolute atomic E-state index is 14.5. The van der Waals surface area contributed by atoms with E-state index in [0.29, 0.717) is 4.90 Å². The third-order valence-electron chi connectivity index (χ3n) is 5.70. The average molecular weight is 613 g/mol. The number of carbonyl (C=O) groups is 3. The molecule has 1 amide bonds. The first-order chi connectivity index (χ1) is 18.2. The number of Topliss-reactive ketones (excluding diaryl/α,β-unsaturated/α-hetero) is 1. The molecule has 2 heterocycles. The van der Waals surface area contributed by atoms with Crippen molar-refractivity contribution in [2.24, 2.45) is 0 Å². The highest BCUT2D eigenvalue weighted by Gasteiger charge is 2.62. The Morgan fingerprint density at radius 3 is 2.51 bits per heavy atom. The van der Waals surface area contributed by atoms with Gasteiger partial charge in [-0.25, -0.2) is 13.9 Å². The molecule has 216 valence electrons. The number of esters is 1. The quantitative estimate of drug-likeness (QED) is 0.192. The summed E-state index contributed by atoms with van der Waals surface area (Å²) in [4.78, 5) is 37.1. The van der Waals surface area contributed by atoms with Crippen LogP contribution in [-0.2, 0) is 40.2 Å². The minimum Gasteiger partial charge on any atom is -0.462 e. The topological polar surface area (TPSA) is 144 Å². The molecule has 3 rings (SSSR count). The number of para-hydroxylation sites is 1. The van der Waals surface area contributed by atoms with Crippen LogP contribution in [-0.4, -0.2) is 82.0 Å². The molecule has 11 nitrogen and oxygen atoms in total. The van der Waals surface area contributed by atoms with Crippen LogP contribution in [0.1, 0.15) is 27.2 Å². The van der Waals surface area contributed by atoms with Crippen LogP contribution < -0.4 is 9.61 Å². The van der Waals surface area contributed by atoms with Crippen molar-refractivity contribution in [2.45, 2.75) is 69.8 Å². The lowest BCUT2D eigenvalue weighted by atomic mass is 9.96. The Labute approximate surface area is 233 Å². The summed E-state index contributed by atoms with van der Waals surface area (Å²) in [6.07, 6.45) is -9.90. The predicted octanol–water partition coefficient (Wildman–Crippen LogP) is 2.20. The average Bonchev–Trinajstić information content (AvgIpc) is 3.11. The summed E-state index contributed by atoms with van der Waals surface area (Å²) in [5, 5.41) is 23.6. The number of nitrogens with zero attached hydrogens (tertiary/aromatic N) is 1. The lowest BCUT2D eigenvalue weighted by Crippen LogP contribution is -2.53. The van der Waals surface area contributed by atoms with Gasteiger partial charge in [-0.15, -0.1) is 0 Å². The second-order valence-corrected chi connectivity index (χ2v) is 12.6. The largest absolute Gasteiger partial charge is 0.462 e. The normalized spacial score (nSPS) is 27.9. The third kappa shape index (κ3) is 7.19. The molecule has 0 aliphatic carbocycles. The molecule has 0 bridgehead atoms. The Bertz CT molecular complexity index is 1160. The van der Waals surface area contributed by atoms with Crippen LogP contribution in [0.3, 0.4) is 0 Å². The second kappa shape index (κ2) is 12.6. The van der Waals surface area contributed by atoms with E-state index in [2.05, 4.69) is 5.09 Å². The van der Waals surface area contributed by atoms with Crippen molar-refractivity contribution in [2.75, 3.05) is 6.61 Å². The van der Waals surface area contributed by atoms with Gasteiger partial charge in [0.25, 0.3) is 6.43 Å². The van der Waals surface area contributed by atoms with E-state index in [-0.39, 0.29) is 10.8 Å². The zero-order chi connectivity index (χ0) is 29.1. The van der Waals surface area contributed by atoms with E-state index in [9.17, 15) is 33.4 Å². The summed E-state index contributed by atoms with van der Waals surface area (Å²) in [6, 6.07) is 6.89. The molecule has 0 aromatic heterocycles. The molecule has 2 aliphatic rings. The zero-order valence-electron chi connectivity index (χ0n) is 21.0. The number of hydrogen-bond acceptors (Lipinski definition) is 10. The number of allylic oxidation sites excluding steroid dienone is 1. The number of nitrogens with one attached hydrogen (secondary N) is 1. The summed E-state index contributed by atoms with van der Waals surface area (Å²) in [6.45, 7) is -0.285. The number of alkyl halides is 2. The summed E-state index contributed by atoms with van der Waals surface area (Å²) < 4.78 is 50.9. The Kier molecular flexibility index (Phi) is 10.2. The summed E-state index contributed by atoms with van der Waals surface area (Å²) >= 11 is 11.3. The minimum absolute atomic E-state index is 0.193. The zero-order valence-corrected chi connectivity index (χ0v) is 23.5. The molecule has 6 atom stereocenters. The van der Waals surface area contributed by atoms with Crippen LogP contribution >= 0.6 is 18.2 Å². The molecular weight excluding hydrogens is 585 g/mol. The molecule has 2 aliphatic heterocycles. The SMILES string of the molecule is CC(C)OC(=O)[C@H](C)NP(=S)(OC[C@@]1(C(F)F)O[C@@H](N2C=C(Cl)C(=O)CC2=O)[C@H](O)[C@@H]1O)Oc1ccccc1. The van der Waals surface area contributed by atoms with Gasteiger partial charge in [0, 0.05) is 6.20 Å². The fraction of sp³-hybridized carbons (Fsp3) is 0.522. The van der Waals surface area contributed by atoms with Crippen molar-refractivity contribution in [3.63, 3.8) is 0 Å². The van der Waals surface area contributed by atoms with Crippen molar-refractivity contribution >= 4 is 47.7 Å². The highest BCUT2D eigenvalue weighted by Crippen LogP contribution is 2.48. The third-order valence-corrected chi connectivity index (χ3v) is 8.49. The van der Waals surface area contributed by atoms with E-state index in [1.54, 1.807) is 32.0 Å². The molecule has 1 aromatic rings. The van der Waals surface area contributed by atoms with E-state index in [0.717, 1.165) is 6.20 Å². The number of ketones is 1. The molecule has 1 fully saturated rings. The predicted molar refractivity (Wildman–Crippen MR) is 137 cm³/mol. The smallest absolute Gasteiger partial charge is 0.323 e. The van der Waals surface area contributed by atoms with Gasteiger partial charge in [-0.2, -0.15) is 0 Å². The number of halogens is 3. The molecule has 0 radical (unpaired) electrons. The minimum atomic E-state index is -3.84.